The van der Waals surface area contributed by atoms with Gasteiger partial charge in [-0.1, -0.05) is 46.1 Å². The summed E-state index contributed by atoms with van der Waals surface area (Å²) >= 11 is 8.71. The van der Waals surface area contributed by atoms with Gasteiger partial charge in [0.1, 0.15) is 10.0 Å². The van der Waals surface area contributed by atoms with E-state index < -0.39 is 0 Å². The van der Waals surface area contributed by atoms with E-state index in [1.165, 1.54) is 23.3 Å². The van der Waals surface area contributed by atoms with E-state index in [1.54, 1.807) is 0 Å². The maximum atomic E-state index is 12.6. The number of pyridine rings is 1. The highest BCUT2D eigenvalue weighted by atomic mass is 35.5. The van der Waals surface area contributed by atoms with Crippen LogP contribution in [0.3, 0.4) is 0 Å². The molecule has 0 aliphatic heterocycles. The van der Waals surface area contributed by atoms with Crippen LogP contribution in [0.25, 0.3) is 10.9 Å². The van der Waals surface area contributed by atoms with Crippen molar-refractivity contribution < 1.29 is 4.79 Å². The molecule has 4 rings (SSSR count). The average molecular weight is 377 g/mol. The maximum Gasteiger partial charge on any atom is 0.252 e. The SMILES string of the molecule is O=C(NC1CC1)c1cc(SCc2nnsc2Cl)nc2ccccc12. The van der Waals surface area contributed by atoms with Crippen LogP contribution in [0.1, 0.15) is 28.9 Å². The van der Waals surface area contributed by atoms with Crippen molar-refractivity contribution in [3.8, 4) is 0 Å². The van der Waals surface area contributed by atoms with Gasteiger partial charge in [-0.2, -0.15) is 0 Å². The number of halogens is 1. The first kappa shape index (κ1) is 15.8. The van der Waals surface area contributed by atoms with Gasteiger partial charge in [0.05, 0.1) is 16.1 Å². The molecule has 0 saturated heterocycles. The molecule has 5 nitrogen and oxygen atoms in total. The molecular weight excluding hydrogens is 364 g/mol. The fourth-order valence-electron chi connectivity index (χ4n) is 2.33. The predicted molar refractivity (Wildman–Crippen MR) is 96.7 cm³/mol. The molecule has 1 amide bonds. The molecule has 122 valence electrons. The van der Waals surface area contributed by atoms with Crippen LogP contribution in [0.4, 0.5) is 0 Å². The van der Waals surface area contributed by atoms with E-state index in [0.29, 0.717) is 21.7 Å². The normalized spacial score (nSPS) is 14.0. The third-order valence-electron chi connectivity index (χ3n) is 3.72. The van der Waals surface area contributed by atoms with Gasteiger partial charge < -0.3 is 5.32 Å². The standard InChI is InChI=1S/C16H13ClN4OS2/c17-15-13(20-21-24-15)8-23-14-7-11(16(22)18-9-5-6-9)10-3-1-2-4-12(10)19-14/h1-4,7,9H,5-6,8H2,(H,18,22). The lowest BCUT2D eigenvalue weighted by Crippen LogP contribution is -2.25. The van der Waals surface area contributed by atoms with Crippen LogP contribution in [0.5, 0.6) is 0 Å². The van der Waals surface area contributed by atoms with Gasteiger partial charge >= 0.3 is 0 Å². The summed E-state index contributed by atoms with van der Waals surface area (Å²) in [6.07, 6.45) is 2.12. The Balaban J connectivity index is 1.65. The number of hydrogen-bond donors (Lipinski definition) is 1. The Labute approximate surface area is 152 Å². The Morgan fingerprint density at radius 1 is 1.38 bits per heavy atom. The largest absolute Gasteiger partial charge is 0.349 e. The molecule has 0 spiro atoms. The summed E-state index contributed by atoms with van der Waals surface area (Å²) in [6, 6.07) is 9.86. The molecule has 0 atom stereocenters. The molecule has 3 aromatic rings. The van der Waals surface area contributed by atoms with Crippen molar-refractivity contribution >= 4 is 51.7 Å². The Hall–Kier alpha value is -1.70. The van der Waals surface area contributed by atoms with Gasteiger partial charge in [0.2, 0.25) is 0 Å². The van der Waals surface area contributed by atoms with Crippen LogP contribution in [0.15, 0.2) is 35.4 Å². The molecule has 2 aromatic heterocycles. The Kier molecular flexibility index (Phi) is 4.39. The number of fused-ring (bicyclic) bond motifs is 1. The topological polar surface area (TPSA) is 67.8 Å². The molecule has 1 aliphatic rings. The van der Waals surface area contributed by atoms with Gasteiger partial charge in [0.25, 0.3) is 5.91 Å². The first-order valence-electron chi connectivity index (χ1n) is 7.51. The summed E-state index contributed by atoms with van der Waals surface area (Å²) in [5, 5.41) is 8.70. The highest BCUT2D eigenvalue weighted by Gasteiger charge is 2.25. The first-order valence-corrected chi connectivity index (χ1v) is 9.64. The van der Waals surface area contributed by atoms with Crippen LogP contribution in [-0.2, 0) is 5.75 Å². The maximum absolute atomic E-state index is 12.6. The van der Waals surface area contributed by atoms with Crippen molar-refractivity contribution in [1.82, 2.24) is 19.9 Å². The monoisotopic (exact) mass is 376 g/mol. The van der Waals surface area contributed by atoms with E-state index in [2.05, 4.69) is 19.9 Å². The van der Waals surface area contributed by atoms with E-state index in [9.17, 15) is 4.79 Å². The third kappa shape index (κ3) is 3.38. The summed E-state index contributed by atoms with van der Waals surface area (Å²) in [5.41, 5.74) is 2.22. The molecule has 0 unspecified atom stereocenters. The van der Waals surface area contributed by atoms with Gasteiger partial charge in [-0.3, -0.25) is 4.79 Å². The summed E-state index contributed by atoms with van der Waals surface area (Å²) in [5.74, 6) is 0.538. The molecule has 1 saturated carbocycles. The Bertz CT molecular complexity index is 910. The van der Waals surface area contributed by atoms with Gasteiger partial charge in [0, 0.05) is 28.7 Å². The van der Waals surface area contributed by atoms with E-state index in [-0.39, 0.29) is 5.91 Å². The lowest BCUT2D eigenvalue weighted by atomic mass is 10.1. The summed E-state index contributed by atoms with van der Waals surface area (Å²) in [7, 11) is 0. The fraction of sp³-hybridized carbons (Fsp3) is 0.250. The van der Waals surface area contributed by atoms with Crippen molar-refractivity contribution in [2.24, 2.45) is 0 Å². The minimum absolute atomic E-state index is 0.0358. The molecule has 8 heteroatoms. The number of carbonyl (C=O) groups is 1. The number of aromatic nitrogens is 3. The van der Waals surface area contributed by atoms with Crippen LogP contribution >= 0.6 is 34.9 Å². The van der Waals surface area contributed by atoms with Gasteiger partial charge in [-0.15, -0.1) is 5.10 Å². The fourth-order valence-corrected chi connectivity index (χ4v) is 3.98. The minimum Gasteiger partial charge on any atom is -0.349 e. The lowest BCUT2D eigenvalue weighted by Gasteiger charge is -2.09. The molecule has 1 N–H and O–H groups in total. The molecule has 0 radical (unpaired) electrons. The van der Waals surface area contributed by atoms with E-state index in [1.807, 2.05) is 30.3 Å². The van der Waals surface area contributed by atoms with Gasteiger partial charge in [0.15, 0.2) is 0 Å². The zero-order valence-electron chi connectivity index (χ0n) is 12.5. The number of para-hydroxylation sites is 1. The number of amides is 1. The second kappa shape index (κ2) is 6.66. The smallest absolute Gasteiger partial charge is 0.252 e. The van der Waals surface area contributed by atoms with E-state index in [0.717, 1.165) is 34.5 Å². The van der Waals surface area contributed by atoms with Gasteiger partial charge in [-0.05, 0) is 25.0 Å². The lowest BCUT2D eigenvalue weighted by molar-refractivity contribution is 0.0952. The molecular formula is C16H13ClN4OS2. The van der Waals surface area contributed by atoms with Crippen molar-refractivity contribution in [1.29, 1.82) is 0 Å². The molecule has 2 heterocycles. The number of carbonyl (C=O) groups excluding carboxylic acids is 1. The van der Waals surface area contributed by atoms with Crippen molar-refractivity contribution in [3.05, 3.63) is 45.9 Å². The highest BCUT2D eigenvalue weighted by Crippen LogP contribution is 2.29. The number of benzene rings is 1. The van der Waals surface area contributed by atoms with Gasteiger partial charge in [-0.25, -0.2) is 4.98 Å². The summed E-state index contributed by atoms with van der Waals surface area (Å²) in [4.78, 5) is 17.2. The van der Waals surface area contributed by atoms with E-state index >= 15 is 0 Å². The molecule has 24 heavy (non-hydrogen) atoms. The second-order valence-corrected chi connectivity index (χ2v) is 7.91. The predicted octanol–water partition coefficient (Wildman–Crippen LogP) is 3.92. The minimum atomic E-state index is -0.0358. The Morgan fingerprint density at radius 2 is 2.21 bits per heavy atom. The van der Waals surface area contributed by atoms with Crippen LogP contribution in [0, 0.1) is 0 Å². The number of nitrogens with one attached hydrogen (secondary N) is 1. The summed E-state index contributed by atoms with van der Waals surface area (Å²) in [6.45, 7) is 0. The quantitative estimate of drug-likeness (QED) is 0.683. The zero-order valence-corrected chi connectivity index (χ0v) is 14.9. The van der Waals surface area contributed by atoms with Crippen molar-refractivity contribution in [3.63, 3.8) is 0 Å². The molecule has 1 aliphatic carbocycles. The number of rotatable bonds is 5. The average Bonchev–Trinajstić information content (AvgIpc) is 3.31. The van der Waals surface area contributed by atoms with Crippen LogP contribution in [0.2, 0.25) is 4.34 Å². The first-order chi connectivity index (χ1) is 11.7. The third-order valence-corrected chi connectivity index (χ3v) is 5.62. The molecule has 1 fully saturated rings. The number of hydrogen-bond acceptors (Lipinski definition) is 6. The zero-order chi connectivity index (χ0) is 16.5. The van der Waals surface area contributed by atoms with Crippen LogP contribution in [-0.4, -0.2) is 26.5 Å². The van der Waals surface area contributed by atoms with Crippen molar-refractivity contribution in [2.75, 3.05) is 0 Å². The van der Waals surface area contributed by atoms with Crippen LogP contribution < -0.4 is 5.32 Å². The number of nitrogens with zero attached hydrogens (tertiary/aromatic N) is 3. The second-order valence-electron chi connectivity index (χ2n) is 5.55. The Morgan fingerprint density at radius 3 is 2.96 bits per heavy atom. The number of thioether (sulfide) groups is 1. The highest BCUT2D eigenvalue weighted by molar-refractivity contribution is 7.98. The molecule has 1 aromatic carbocycles. The molecule has 0 bridgehead atoms. The van der Waals surface area contributed by atoms with Crippen molar-refractivity contribution in [2.45, 2.75) is 29.7 Å². The summed E-state index contributed by atoms with van der Waals surface area (Å²) < 4.78 is 4.42. The van der Waals surface area contributed by atoms with E-state index in [4.69, 9.17) is 11.6 Å².